The van der Waals surface area contributed by atoms with Gasteiger partial charge in [0.1, 0.15) is 10.8 Å². The van der Waals surface area contributed by atoms with Crippen LogP contribution in [0.4, 0.5) is 5.82 Å². The van der Waals surface area contributed by atoms with Crippen LogP contribution in [0.2, 0.25) is 0 Å². The van der Waals surface area contributed by atoms with Gasteiger partial charge in [0.05, 0.1) is 17.9 Å². The molecule has 1 N–H and O–H groups in total. The molecule has 1 aliphatic rings. The first kappa shape index (κ1) is 17.9. The van der Waals surface area contributed by atoms with Crippen LogP contribution < -0.4 is 5.32 Å². The lowest BCUT2D eigenvalue weighted by molar-refractivity contribution is 0.686. The second kappa shape index (κ2) is 8.09. The predicted octanol–water partition coefficient (Wildman–Crippen LogP) is 5.15. The molecule has 0 amide bonds. The summed E-state index contributed by atoms with van der Waals surface area (Å²) in [7, 11) is 0. The van der Waals surface area contributed by atoms with Crippen LogP contribution in [0.15, 0.2) is 60.2 Å². The van der Waals surface area contributed by atoms with Gasteiger partial charge in [-0.1, -0.05) is 12.1 Å². The van der Waals surface area contributed by atoms with E-state index in [-0.39, 0.29) is 0 Å². The number of aryl methyl sites for hydroxylation is 2. The van der Waals surface area contributed by atoms with Gasteiger partial charge in [-0.05, 0) is 67.1 Å². The maximum atomic E-state index is 4.67. The van der Waals surface area contributed by atoms with Gasteiger partial charge in [0, 0.05) is 28.9 Å². The molecule has 5 nitrogen and oxygen atoms in total. The van der Waals surface area contributed by atoms with E-state index in [4.69, 9.17) is 0 Å². The van der Waals surface area contributed by atoms with Crippen molar-refractivity contribution in [1.29, 1.82) is 0 Å². The van der Waals surface area contributed by atoms with Crippen LogP contribution in [-0.2, 0) is 19.4 Å². The largest absolute Gasteiger partial charge is 0.363 e. The van der Waals surface area contributed by atoms with E-state index >= 15 is 0 Å². The maximum Gasteiger partial charge on any atom is 0.149 e. The summed E-state index contributed by atoms with van der Waals surface area (Å²) in [5.41, 5.74) is 7.03. The second-order valence-corrected chi connectivity index (χ2v) is 8.09. The lowest BCUT2D eigenvalue weighted by atomic mass is 9.90. The van der Waals surface area contributed by atoms with Crippen LogP contribution in [0.3, 0.4) is 0 Å². The normalized spacial score (nSPS) is 13.1. The first-order valence-electron chi connectivity index (χ1n) is 9.90. The van der Waals surface area contributed by atoms with Crippen molar-refractivity contribution in [3.8, 4) is 21.8 Å². The van der Waals surface area contributed by atoms with Gasteiger partial charge in [-0.25, -0.2) is 4.98 Å². The standard InChI is InChI=1S/C23H21N5S/c1-2-5-17-12-18(8-7-16(17)4-1)21-9-10-22(28-27-21)25-14-20-15-29-23(26-20)19-6-3-11-24-13-19/h3,6-13,15H,1-2,4-5,14H2,(H,25,28). The van der Waals surface area contributed by atoms with Crippen molar-refractivity contribution in [2.45, 2.75) is 32.2 Å². The highest BCUT2D eigenvalue weighted by molar-refractivity contribution is 7.13. The van der Waals surface area contributed by atoms with Crippen molar-refractivity contribution in [3.05, 3.63) is 77.1 Å². The summed E-state index contributed by atoms with van der Waals surface area (Å²) in [6.45, 7) is 0.615. The zero-order valence-corrected chi connectivity index (χ0v) is 16.8. The Hall–Kier alpha value is -3.12. The van der Waals surface area contributed by atoms with Gasteiger partial charge in [0.15, 0.2) is 0 Å². The fourth-order valence-corrected chi connectivity index (χ4v) is 4.47. The fraction of sp³-hybridized carbons (Fsp3) is 0.217. The summed E-state index contributed by atoms with van der Waals surface area (Å²) in [6.07, 6.45) is 8.56. The Bertz CT molecular complexity index is 1110. The molecule has 0 bridgehead atoms. The van der Waals surface area contributed by atoms with Crippen molar-refractivity contribution in [2.75, 3.05) is 5.32 Å². The molecule has 4 aromatic rings. The van der Waals surface area contributed by atoms with Gasteiger partial charge in [0.2, 0.25) is 0 Å². The van der Waals surface area contributed by atoms with E-state index < -0.39 is 0 Å². The first-order valence-corrected chi connectivity index (χ1v) is 10.8. The smallest absolute Gasteiger partial charge is 0.149 e. The summed E-state index contributed by atoms with van der Waals surface area (Å²) in [4.78, 5) is 8.82. The monoisotopic (exact) mass is 399 g/mol. The Morgan fingerprint density at radius 1 is 0.931 bits per heavy atom. The number of rotatable bonds is 5. The van der Waals surface area contributed by atoms with Crippen molar-refractivity contribution < 1.29 is 0 Å². The Morgan fingerprint density at radius 3 is 2.69 bits per heavy atom. The molecule has 29 heavy (non-hydrogen) atoms. The average molecular weight is 400 g/mol. The number of fused-ring (bicyclic) bond motifs is 1. The van der Waals surface area contributed by atoms with Crippen LogP contribution >= 0.6 is 11.3 Å². The molecule has 1 aromatic carbocycles. The zero-order chi connectivity index (χ0) is 19.5. The van der Waals surface area contributed by atoms with Gasteiger partial charge in [-0.2, -0.15) is 0 Å². The van der Waals surface area contributed by atoms with Crippen molar-refractivity contribution in [2.24, 2.45) is 0 Å². The molecule has 144 valence electrons. The molecule has 0 saturated heterocycles. The van der Waals surface area contributed by atoms with Crippen molar-refractivity contribution in [1.82, 2.24) is 20.2 Å². The lowest BCUT2D eigenvalue weighted by Gasteiger charge is -2.16. The molecule has 6 heteroatoms. The number of nitrogens with one attached hydrogen (secondary N) is 1. The summed E-state index contributed by atoms with van der Waals surface area (Å²) < 4.78 is 0. The third-order valence-electron chi connectivity index (χ3n) is 5.22. The van der Waals surface area contributed by atoms with E-state index in [1.165, 1.54) is 36.8 Å². The summed E-state index contributed by atoms with van der Waals surface area (Å²) in [5, 5.41) is 15.1. The number of anilines is 1. The first-order chi connectivity index (χ1) is 14.3. The molecule has 3 aromatic heterocycles. The number of benzene rings is 1. The second-order valence-electron chi connectivity index (χ2n) is 7.23. The summed E-state index contributed by atoms with van der Waals surface area (Å²) >= 11 is 1.62. The topological polar surface area (TPSA) is 63.6 Å². The highest BCUT2D eigenvalue weighted by atomic mass is 32.1. The van der Waals surface area contributed by atoms with Gasteiger partial charge < -0.3 is 5.32 Å². The van der Waals surface area contributed by atoms with Crippen LogP contribution in [-0.4, -0.2) is 20.2 Å². The Morgan fingerprint density at radius 2 is 1.86 bits per heavy atom. The highest BCUT2D eigenvalue weighted by Gasteiger charge is 2.11. The third kappa shape index (κ3) is 4.03. The third-order valence-corrected chi connectivity index (χ3v) is 6.16. The van der Waals surface area contributed by atoms with Gasteiger partial charge in [-0.15, -0.1) is 21.5 Å². The van der Waals surface area contributed by atoms with Crippen LogP contribution in [0.1, 0.15) is 29.7 Å². The number of nitrogens with zero attached hydrogens (tertiary/aromatic N) is 4. The quantitative estimate of drug-likeness (QED) is 0.503. The van der Waals surface area contributed by atoms with E-state index in [1.807, 2.05) is 30.5 Å². The Kier molecular flexibility index (Phi) is 5.01. The Labute approximate surface area is 173 Å². The van der Waals surface area contributed by atoms with Gasteiger partial charge in [0.25, 0.3) is 0 Å². The average Bonchev–Trinajstić information content (AvgIpc) is 3.27. The molecule has 0 atom stereocenters. The molecule has 5 rings (SSSR count). The van der Waals surface area contributed by atoms with Gasteiger partial charge in [-0.3, -0.25) is 4.98 Å². The molecule has 0 radical (unpaired) electrons. The molecule has 0 aliphatic heterocycles. The molecule has 0 fully saturated rings. The lowest BCUT2D eigenvalue weighted by Crippen LogP contribution is -2.04. The Balaban J connectivity index is 1.25. The van der Waals surface area contributed by atoms with Crippen molar-refractivity contribution >= 4 is 17.2 Å². The van der Waals surface area contributed by atoms with Crippen molar-refractivity contribution in [3.63, 3.8) is 0 Å². The summed E-state index contributed by atoms with van der Waals surface area (Å²) in [5.74, 6) is 0.752. The molecule has 1 aliphatic carbocycles. The van der Waals surface area contributed by atoms with Crippen LogP contribution in [0.25, 0.3) is 21.8 Å². The molecular weight excluding hydrogens is 378 g/mol. The minimum absolute atomic E-state index is 0.615. The van der Waals surface area contributed by atoms with E-state index in [0.29, 0.717) is 6.54 Å². The summed E-state index contributed by atoms with van der Waals surface area (Å²) in [6, 6.07) is 14.7. The zero-order valence-electron chi connectivity index (χ0n) is 16.0. The van der Waals surface area contributed by atoms with E-state index in [9.17, 15) is 0 Å². The van der Waals surface area contributed by atoms with E-state index in [1.54, 1.807) is 17.5 Å². The molecular formula is C23H21N5S. The number of aromatic nitrogens is 4. The van der Waals surface area contributed by atoms with Crippen LogP contribution in [0, 0.1) is 0 Å². The number of pyridine rings is 1. The maximum absolute atomic E-state index is 4.67. The predicted molar refractivity (Wildman–Crippen MR) is 117 cm³/mol. The van der Waals surface area contributed by atoms with E-state index in [0.717, 1.165) is 33.3 Å². The molecule has 0 spiro atoms. The molecule has 3 heterocycles. The minimum atomic E-state index is 0.615. The highest BCUT2D eigenvalue weighted by Crippen LogP contribution is 2.27. The number of hydrogen-bond donors (Lipinski definition) is 1. The minimum Gasteiger partial charge on any atom is -0.363 e. The number of hydrogen-bond acceptors (Lipinski definition) is 6. The number of thiazole rings is 1. The van der Waals surface area contributed by atoms with E-state index in [2.05, 4.69) is 49.1 Å². The van der Waals surface area contributed by atoms with Crippen LogP contribution in [0.5, 0.6) is 0 Å². The molecule has 0 unspecified atom stereocenters. The van der Waals surface area contributed by atoms with Gasteiger partial charge >= 0.3 is 0 Å². The fourth-order valence-electron chi connectivity index (χ4n) is 3.66. The molecule has 0 saturated carbocycles. The SMILES string of the molecule is c1cncc(-c2nc(CNc3ccc(-c4ccc5c(c4)CCCC5)nn3)cs2)c1.